The number of likely N-dealkylation sites (N-methyl/N-ethyl adjacent to an activating group) is 1. The molecule has 0 amide bonds. The Morgan fingerprint density at radius 3 is 2.30 bits per heavy atom. The van der Waals surface area contributed by atoms with Gasteiger partial charge < -0.3 is 20.6 Å². The number of hydrogen-bond acceptors (Lipinski definition) is 4. The highest BCUT2D eigenvalue weighted by Crippen LogP contribution is 2.61. The average molecular weight is 458 g/mol. The van der Waals surface area contributed by atoms with E-state index < -0.39 is 17.8 Å². The summed E-state index contributed by atoms with van der Waals surface area (Å²) in [6.45, 7) is 14.5. The Kier molecular flexibility index (Phi) is 7.85. The van der Waals surface area contributed by atoms with Crippen molar-refractivity contribution >= 4 is 0 Å². The molecule has 0 aliphatic heterocycles. The maximum absolute atomic E-state index is 10.3. The van der Waals surface area contributed by atoms with Gasteiger partial charge >= 0.3 is 0 Å². The molecular weight excluding hydrogens is 410 g/mol. The molecule has 3 aliphatic carbocycles. The Morgan fingerprint density at radius 1 is 1.09 bits per heavy atom. The summed E-state index contributed by atoms with van der Waals surface area (Å²) in [6, 6.07) is 0. The summed E-state index contributed by atoms with van der Waals surface area (Å²) in [5.74, 6) is 1.14. The molecule has 1 unspecified atom stereocenters. The summed E-state index contributed by atoms with van der Waals surface area (Å²) in [6.07, 6.45) is 14.6. The summed E-state index contributed by atoms with van der Waals surface area (Å²) < 4.78 is 0. The predicted octanol–water partition coefficient (Wildman–Crippen LogP) is 5.07. The number of allylic oxidation sites excluding steroid dienone is 3. The van der Waals surface area contributed by atoms with Gasteiger partial charge in [0.15, 0.2) is 0 Å². The lowest BCUT2D eigenvalue weighted by Crippen LogP contribution is -2.58. The maximum atomic E-state index is 10.3. The topological polar surface area (TPSA) is 72.7 Å². The molecule has 3 saturated carbocycles. The zero-order valence-electron chi connectivity index (χ0n) is 21.7. The standard InChI is InChI=1S/C29H47NO3/c1-19(10-11-20(2)27(4,5)33)24-14-16-29(30-7)23(9-8-15-28(24,29)6)13-12-22-17-25(31)21(3)26(32)18-22/h10-13,19-20,24-26,30-33H,3,8-9,14-18H2,1-2,4-7H3/b11-10+,23-13+/t19-,20-,24?,25-,26-,28-,29-/m1/s1. The van der Waals surface area contributed by atoms with E-state index in [9.17, 15) is 15.3 Å². The molecule has 3 fully saturated rings. The molecule has 4 nitrogen and oxygen atoms in total. The van der Waals surface area contributed by atoms with Crippen molar-refractivity contribution in [3.63, 3.8) is 0 Å². The molecule has 0 radical (unpaired) electrons. The molecule has 0 heterocycles. The fourth-order valence-corrected chi connectivity index (χ4v) is 6.85. The van der Waals surface area contributed by atoms with Crippen LogP contribution in [0, 0.1) is 23.2 Å². The van der Waals surface area contributed by atoms with Crippen molar-refractivity contribution in [2.45, 2.75) is 103 Å². The minimum Gasteiger partial charge on any atom is -0.390 e. The van der Waals surface area contributed by atoms with Crippen molar-refractivity contribution in [2.75, 3.05) is 7.05 Å². The van der Waals surface area contributed by atoms with Crippen LogP contribution in [0.2, 0.25) is 0 Å². The van der Waals surface area contributed by atoms with Gasteiger partial charge in [-0.15, -0.1) is 0 Å². The number of fused-ring (bicyclic) bond motifs is 1. The quantitative estimate of drug-likeness (QED) is 0.420. The van der Waals surface area contributed by atoms with Crippen LogP contribution < -0.4 is 5.32 Å². The van der Waals surface area contributed by atoms with Crippen molar-refractivity contribution in [3.05, 3.63) is 47.6 Å². The average Bonchev–Trinajstić information content (AvgIpc) is 3.06. The van der Waals surface area contributed by atoms with Gasteiger partial charge in [0.1, 0.15) is 0 Å². The van der Waals surface area contributed by atoms with Gasteiger partial charge in [0.25, 0.3) is 0 Å². The van der Waals surface area contributed by atoms with E-state index in [0.29, 0.717) is 30.3 Å². The first-order valence-corrected chi connectivity index (χ1v) is 12.9. The van der Waals surface area contributed by atoms with Crippen molar-refractivity contribution in [1.82, 2.24) is 5.32 Å². The predicted molar refractivity (Wildman–Crippen MR) is 137 cm³/mol. The second kappa shape index (κ2) is 9.81. The third-order valence-corrected chi connectivity index (χ3v) is 9.48. The molecule has 186 valence electrons. The van der Waals surface area contributed by atoms with E-state index in [-0.39, 0.29) is 16.9 Å². The third kappa shape index (κ3) is 4.96. The molecule has 0 aromatic heterocycles. The second-order valence-electron chi connectivity index (χ2n) is 11.8. The van der Waals surface area contributed by atoms with Crippen LogP contribution in [-0.2, 0) is 0 Å². The van der Waals surface area contributed by atoms with Gasteiger partial charge in [0.2, 0.25) is 0 Å². The highest BCUT2D eigenvalue weighted by molar-refractivity contribution is 5.36. The van der Waals surface area contributed by atoms with E-state index in [1.54, 1.807) is 0 Å². The Labute approximate surface area is 201 Å². The number of rotatable bonds is 6. The minimum atomic E-state index is -0.703. The highest BCUT2D eigenvalue weighted by Gasteiger charge is 2.59. The first-order valence-electron chi connectivity index (χ1n) is 12.9. The lowest BCUT2D eigenvalue weighted by molar-refractivity contribution is 0.0432. The normalized spacial score (nSPS) is 38.6. The molecule has 4 N–H and O–H groups in total. The van der Waals surface area contributed by atoms with Crippen LogP contribution in [0.4, 0.5) is 0 Å². The maximum Gasteiger partial charge on any atom is 0.0809 e. The number of aliphatic hydroxyl groups excluding tert-OH is 2. The first-order chi connectivity index (χ1) is 15.4. The summed E-state index contributed by atoms with van der Waals surface area (Å²) in [7, 11) is 2.11. The molecule has 0 saturated heterocycles. The molecule has 0 spiro atoms. The fraction of sp³-hybridized carbons (Fsp3) is 0.724. The highest BCUT2D eigenvalue weighted by atomic mass is 16.3. The van der Waals surface area contributed by atoms with E-state index in [1.165, 1.54) is 24.8 Å². The van der Waals surface area contributed by atoms with Gasteiger partial charge in [-0.05, 0) is 94.2 Å². The molecule has 4 heteroatoms. The lowest BCUT2D eigenvalue weighted by atomic mass is 9.57. The van der Waals surface area contributed by atoms with Crippen molar-refractivity contribution in [3.8, 4) is 0 Å². The van der Waals surface area contributed by atoms with Crippen LogP contribution >= 0.6 is 0 Å². The molecular formula is C29H47NO3. The number of hydrogen-bond donors (Lipinski definition) is 4. The summed E-state index contributed by atoms with van der Waals surface area (Å²) in [5, 5.41) is 34.5. The van der Waals surface area contributed by atoms with Crippen LogP contribution in [0.25, 0.3) is 0 Å². The Balaban J connectivity index is 1.85. The van der Waals surface area contributed by atoms with Gasteiger partial charge in [0.05, 0.1) is 17.8 Å². The first kappa shape index (κ1) is 26.4. The second-order valence-corrected chi connectivity index (χ2v) is 11.8. The van der Waals surface area contributed by atoms with E-state index in [4.69, 9.17) is 0 Å². The zero-order chi connectivity index (χ0) is 24.6. The lowest BCUT2D eigenvalue weighted by Gasteiger charge is -2.53. The molecule has 3 rings (SSSR count). The van der Waals surface area contributed by atoms with E-state index in [1.807, 2.05) is 13.8 Å². The van der Waals surface area contributed by atoms with E-state index >= 15 is 0 Å². The number of nitrogens with one attached hydrogen (secondary N) is 1. The van der Waals surface area contributed by atoms with Crippen molar-refractivity contribution in [2.24, 2.45) is 23.2 Å². The third-order valence-electron chi connectivity index (χ3n) is 9.48. The summed E-state index contributed by atoms with van der Waals surface area (Å²) in [4.78, 5) is 0. The summed E-state index contributed by atoms with van der Waals surface area (Å²) >= 11 is 0. The monoisotopic (exact) mass is 457 g/mol. The molecule has 0 aromatic carbocycles. The van der Waals surface area contributed by atoms with Crippen molar-refractivity contribution < 1.29 is 15.3 Å². The van der Waals surface area contributed by atoms with E-state index in [2.05, 4.69) is 64.0 Å². The fourth-order valence-electron chi connectivity index (χ4n) is 6.85. The smallest absolute Gasteiger partial charge is 0.0809 e. The van der Waals surface area contributed by atoms with Crippen LogP contribution in [0.5, 0.6) is 0 Å². The van der Waals surface area contributed by atoms with Crippen LogP contribution in [0.3, 0.4) is 0 Å². The van der Waals surface area contributed by atoms with Gasteiger partial charge in [-0.3, -0.25) is 0 Å². The van der Waals surface area contributed by atoms with Gasteiger partial charge in [-0.25, -0.2) is 0 Å². The molecule has 3 aliphatic rings. The minimum absolute atomic E-state index is 0.0214. The number of aliphatic hydroxyl groups is 3. The van der Waals surface area contributed by atoms with E-state index in [0.717, 1.165) is 18.4 Å². The molecule has 7 atom stereocenters. The Bertz CT molecular complexity index is 803. The van der Waals surface area contributed by atoms with Crippen LogP contribution in [-0.4, -0.2) is 45.7 Å². The van der Waals surface area contributed by atoms with Crippen molar-refractivity contribution in [1.29, 1.82) is 0 Å². The van der Waals surface area contributed by atoms with Gasteiger partial charge in [-0.2, -0.15) is 0 Å². The zero-order valence-corrected chi connectivity index (χ0v) is 21.7. The van der Waals surface area contributed by atoms with Crippen LogP contribution in [0.1, 0.15) is 79.6 Å². The van der Waals surface area contributed by atoms with Crippen LogP contribution in [0.15, 0.2) is 47.6 Å². The molecule has 33 heavy (non-hydrogen) atoms. The SMILES string of the molecule is C=C1[C@H](O)CC(=C/C=C2\CCC[C@]3(C)C([C@H](C)/C=C/[C@@H](C)C(C)(C)O)CC[C@@]23NC)C[C@H]1O. The summed E-state index contributed by atoms with van der Waals surface area (Å²) in [5.41, 5.74) is 2.53. The van der Waals surface area contributed by atoms with Gasteiger partial charge in [-0.1, -0.05) is 57.2 Å². The molecule has 0 bridgehead atoms. The Morgan fingerprint density at radius 2 is 1.73 bits per heavy atom. The largest absolute Gasteiger partial charge is 0.390 e. The molecule has 0 aromatic rings. The van der Waals surface area contributed by atoms with Gasteiger partial charge in [0, 0.05) is 11.5 Å². The Hall–Kier alpha value is -1.20.